The van der Waals surface area contributed by atoms with E-state index >= 15 is 0 Å². The molecule has 0 aliphatic carbocycles. The molecule has 1 atom stereocenters. The molecule has 160 valence electrons. The normalized spacial score (nSPS) is 17.9. The lowest BCUT2D eigenvalue weighted by Crippen LogP contribution is -2.40. The van der Waals surface area contributed by atoms with E-state index < -0.39 is 12.7 Å². The SMILES string of the molecule is CCNC(=NCc1ccc(C)cc1OC)NCC1CCN(CC(F)(F)F)C1.I. The van der Waals surface area contributed by atoms with Gasteiger partial charge in [0, 0.05) is 25.2 Å². The molecule has 0 saturated carbocycles. The third-order valence-corrected chi connectivity index (χ3v) is 4.53. The number of guanidine groups is 1. The number of nitrogens with one attached hydrogen (secondary N) is 2. The molecule has 1 saturated heterocycles. The molecule has 1 fully saturated rings. The summed E-state index contributed by atoms with van der Waals surface area (Å²) in [5.74, 6) is 1.65. The van der Waals surface area contributed by atoms with E-state index in [1.807, 2.05) is 32.0 Å². The third kappa shape index (κ3) is 8.42. The lowest BCUT2D eigenvalue weighted by molar-refractivity contribution is -0.143. The Morgan fingerprint density at radius 3 is 2.71 bits per heavy atom. The third-order valence-electron chi connectivity index (χ3n) is 4.53. The zero-order chi connectivity index (χ0) is 19.9. The van der Waals surface area contributed by atoms with Crippen LogP contribution in [0.3, 0.4) is 0 Å². The molecular weight excluding hydrogens is 484 g/mol. The van der Waals surface area contributed by atoms with Crippen LogP contribution in [0.1, 0.15) is 24.5 Å². The van der Waals surface area contributed by atoms with Crippen molar-refractivity contribution >= 4 is 29.9 Å². The smallest absolute Gasteiger partial charge is 0.401 e. The molecule has 1 heterocycles. The number of benzene rings is 1. The zero-order valence-electron chi connectivity index (χ0n) is 16.6. The van der Waals surface area contributed by atoms with Crippen molar-refractivity contribution in [2.75, 3.05) is 39.8 Å². The lowest BCUT2D eigenvalue weighted by atomic mass is 10.1. The molecule has 0 bridgehead atoms. The second-order valence-corrected chi connectivity index (χ2v) is 6.90. The van der Waals surface area contributed by atoms with Crippen LogP contribution in [0.25, 0.3) is 0 Å². The maximum atomic E-state index is 12.5. The number of alkyl halides is 3. The Morgan fingerprint density at radius 1 is 1.32 bits per heavy atom. The monoisotopic (exact) mass is 514 g/mol. The van der Waals surface area contributed by atoms with Crippen LogP contribution in [0.4, 0.5) is 13.2 Å². The second-order valence-electron chi connectivity index (χ2n) is 6.90. The summed E-state index contributed by atoms with van der Waals surface area (Å²) in [6, 6.07) is 5.98. The molecule has 0 aromatic heterocycles. The predicted octanol–water partition coefficient (Wildman–Crippen LogP) is 3.56. The fourth-order valence-electron chi connectivity index (χ4n) is 3.21. The fraction of sp³-hybridized carbons (Fsp3) is 0.632. The number of rotatable bonds is 7. The fourth-order valence-corrected chi connectivity index (χ4v) is 3.21. The highest BCUT2D eigenvalue weighted by Gasteiger charge is 2.34. The van der Waals surface area contributed by atoms with Gasteiger partial charge < -0.3 is 15.4 Å². The minimum Gasteiger partial charge on any atom is -0.496 e. The molecule has 1 aliphatic rings. The first-order valence-corrected chi connectivity index (χ1v) is 9.25. The average Bonchev–Trinajstić information content (AvgIpc) is 3.03. The van der Waals surface area contributed by atoms with Crippen LogP contribution in [0.5, 0.6) is 5.75 Å². The van der Waals surface area contributed by atoms with Crippen molar-refractivity contribution in [1.82, 2.24) is 15.5 Å². The molecule has 2 rings (SSSR count). The Balaban J connectivity index is 0.00000392. The maximum absolute atomic E-state index is 12.5. The Hall–Kier alpha value is -1.23. The van der Waals surface area contributed by atoms with Crippen molar-refractivity contribution in [3.05, 3.63) is 29.3 Å². The molecule has 1 aromatic rings. The van der Waals surface area contributed by atoms with Gasteiger partial charge in [-0.05, 0) is 44.4 Å². The van der Waals surface area contributed by atoms with Gasteiger partial charge in [-0.2, -0.15) is 13.2 Å². The van der Waals surface area contributed by atoms with Gasteiger partial charge >= 0.3 is 6.18 Å². The van der Waals surface area contributed by atoms with Crippen LogP contribution in [-0.2, 0) is 6.54 Å². The van der Waals surface area contributed by atoms with Crippen LogP contribution in [-0.4, -0.2) is 56.9 Å². The van der Waals surface area contributed by atoms with Gasteiger partial charge in [0.1, 0.15) is 5.75 Å². The molecule has 0 radical (unpaired) electrons. The first kappa shape index (κ1) is 24.8. The van der Waals surface area contributed by atoms with Gasteiger partial charge in [-0.25, -0.2) is 4.99 Å². The van der Waals surface area contributed by atoms with E-state index in [2.05, 4.69) is 15.6 Å². The van der Waals surface area contributed by atoms with Crippen molar-refractivity contribution in [3.63, 3.8) is 0 Å². The summed E-state index contributed by atoms with van der Waals surface area (Å²) < 4.78 is 42.9. The van der Waals surface area contributed by atoms with Gasteiger partial charge in [-0.15, -0.1) is 24.0 Å². The van der Waals surface area contributed by atoms with E-state index in [1.54, 1.807) is 7.11 Å². The van der Waals surface area contributed by atoms with Crippen LogP contribution in [0.2, 0.25) is 0 Å². The van der Waals surface area contributed by atoms with Gasteiger partial charge in [-0.1, -0.05) is 12.1 Å². The predicted molar refractivity (Wildman–Crippen MR) is 117 cm³/mol. The Kier molecular flexibility index (Phi) is 10.4. The zero-order valence-corrected chi connectivity index (χ0v) is 18.9. The Labute approximate surface area is 182 Å². The highest BCUT2D eigenvalue weighted by molar-refractivity contribution is 14.0. The molecular formula is C19H30F3IN4O. The van der Waals surface area contributed by atoms with Gasteiger partial charge in [0.05, 0.1) is 20.2 Å². The van der Waals surface area contributed by atoms with Gasteiger partial charge in [0.15, 0.2) is 5.96 Å². The van der Waals surface area contributed by atoms with E-state index in [0.29, 0.717) is 38.7 Å². The summed E-state index contributed by atoms with van der Waals surface area (Å²) in [5.41, 5.74) is 2.10. The lowest BCUT2D eigenvalue weighted by Gasteiger charge is -2.18. The van der Waals surface area contributed by atoms with E-state index in [0.717, 1.165) is 23.3 Å². The van der Waals surface area contributed by atoms with Crippen molar-refractivity contribution in [1.29, 1.82) is 0 Å². The van der Waals surface area contributed by atoms with Gasteiger partial charge in [0.25, 0.3) is 0 Å². The standard InChI is InChI=1S/C19H29F3N4O.HI/c1-4-23-18(25-11-16-6-5-14(2)9-17(16)27-3)24-10-15-7-8-26(12-15)13-19(20,21)22;/h5-6,9,15H,4,7-8,10-13H2,1-3H3,(H2,23,24,25);1H. The quantitative estimate of drug-likeness (QED) is 0.332. The number of aryl methyl sites for hydroxylation is 1. The first-order chi connectivity index (χ1) is 12.8. The van der Waals surface area contributed by atoms with Crippen molar-refractivity contribution in [3.8, 4) is 5.75 Å². The minimum absolute atomic E-state index is 0. The Bertz CT molecular complexity index is 640. The molecule has 0 amide bonds. The number of halogens is 4. The summed E-state index contributed by atoms with van der Waals surface area (Å²) in [6.07, 6.45) is -3.37. The van der Waals surface area contributed by atoms with Crippen LogP contribution in [0.15, 0.2) is 23.2 Å². The average molecular weight is 514 g/mol. The van der Waals surface area contributed by atoms with Gasteiger partial charge in [-0.3, -0.25) is 4.90 Å². The molecule has 9 heteroatoms. The van der Waals surface area contributed by atoms with Crippen molar-refractivity contribution in [2.24, 2.45) is 10.9 Å². The van der Waals surface area contributed by atoms with E-state index in [4.69, 9.17) is 4.74 Å². The van der Waals surface area contributed by atoms with Crippen LogP contribution >= 0.6 is 24.0 Å². The topological polar surface area (TPSA) is 48.9 Å². The molecule has 5 nitrogen and oxygen atoms in total. The number of ether oxygens (including phenoxy) is 1. The van der Waals surface area contributed by atoms with E-state index in [9.17, 15) is 13.2 Å². The molecule has 2 N–H and O–H groups in total. The molecule has 1 aromatic carbocycles. The van der Waals surface area contributed by atoms with E-state index in [1.165, 1.54) is 4.90 Å². The van der Waals surface area contributed by atoms with E-state index in [-0.39, 0.29) is 29.9 Å². The summed E-state index contributed by atoms with van der Waals surface area (Å²) in [7, 11) is 1.64. The van der Waals surface area contributed by atoms with Crippen molar-refractivity contribution in [2.45, 2.75) is 33.0 Å². The molecule has 1 aliphatic heterocycles. The molecule has 0 spiro atoms. The van der Waals surface area contributed by atoms with Crippen LogP contribution < -0.4 is 15.4 Å². The maximum Gasteiger partial charge on any atom is 0.401 e. The number of nitrogens with zero attached hydrogens (tertiary/aromatic N) is 2. The summed E-state index contributed by atoms with van der Waals surface area (Å²) in [6.45, 7) is 5.87. The summed E-state index contributed by atoms with van der Waals surface area (Å²) >= 11 is 0. The highest BCUT2D eigenvalue weighted by atomic mass is 127. The van der Waals surface area contributed by atoms with Crippen LogP contribution in [0, 0.1) is 12.8 Å². The van der Waals surface area contributed by atoms with Gasteiger partial charge in [0.2, 0.25) is 0 Å². The molecule has 28 heavy (non-hydrogen) atoms. The molecule has 1 unspecified atom stereocenters. The van der Waals surface area contributed by atoms with Crippen molar-refractivity contribution < 1.29 is 17.9 Å². The number of aliphatic imine (C=N–C) groups is 1. The summed E-state index contributed by atoms with van der Waals surface area (Å²) in [5, 5.41) is 6.43. The largest absolute Gasteiger partial charge is 0.496 e. The minimum atomic E-state index is -4.13. The summed E-state index contributed by atoms with van der Waals surface area (Å²) in [4.78, 5) is 6.05. The highest BCUT2D eigenvalue weighted by Crippen LogP contribution is 2.23. The Morgan fingerprint density at radius 2 is 2.07 bits per heavy atom. The number of hydrogen-bond donors (Lipinski definition) is 2. The first-order valence-electron chi connectivity index (χ1n) is 9.25. The number of hydrogen-bond acceptors (Lipinski definition) is 3. The number of likely N-dealkylation sites (tertiary alicyclic amines) is 1. The second kappa shape index (κ2) is 11.7. The number of methoxy groups -OCH3 is 1.